The average Bonchev–Trinajstić information content (AvgIpc) is 3.35. The van der Waals surface area contributed by atoms with Crippen molar-refractivity contribution in [3.05, 3.63) is 83.8 Å². The molecule has 3 rings (SSSR count). The molecule has 180 valence electrons. The zero-order valence-electron chi connectivity index (χ0n) is 19.4. The van der Waals surface area contributed by atoms with E-state index < -0.39 is 28.5 Å². The number of anilines is 1. The van der Waals surface area contributed by atoms with Gasteiger partial charge in [0, 0.05) is 5.69 Å². The Balaban J connectivity index is 1.87. The summed E-state index contributed by atoms with van der Waals surface area (Å²) in [5, 5.41) is 2.81. The van der Waals surface area contributed by atoms with Crippen LogP contribution in [0.4, 0.5) is 5.69 Å². The van der Waals surface area contributed by atoms with Gasteiger partial charge in [0.05, 0.1) is 24.2 Å². The monoisotopic (exact) mass is 483 g/mol. The predicted molar refractivity (Wildman–Crippen MR) is 130 cm³/mol. The van der Waals surface area contributed by atoms with Crippen LogP contribution in [0.1, 0.15) is 30.2 Å². The van der Waals surface area contributed by atoms with Crippen molar-refractivity contribution in [1.82, 2.24) is 10.0 Å². The van der Waals surface area contributed by atoms with E-state index in [2.05, 4.69) is 10.0 Å². The van der Waals surface area contributed by atoms with Crippen molar-refractivity contribution in [1.29, 1.82) is 0 Å². The lowest BCUT2D eigenvalue weighted by Crippen LogP contribution is -2.52. The van der Waals surface area contributed by atoms with Crippen molar-refractivity contribution in [2.75, 3.05) is 11.4 Å². The first-order valence-electron chi connectivity index (χ1n) is 11.0. The number of rotatable bonds is 10. The molecule has 0 unspecified atom stereocenters. The number of sulfonamides is 1. The fraction of sp³-hybridized carbons (Fsp3) is 0.280. The Hall–Kier alpha value is -3.43. The maximum Gasteiger partial charge on any atom is 0.243 e. The van der Waals surface area contributed by atoms with Gasteiger partial charge in [-0.25, -0.2) is 13.1 Å². The molecule has 2 N–H and O–H groups in total. The van der Waals surface area contributed by atoms with Crippen LogP contribution < -0.4 is 14.9 Å². The topological polar surface area (TPSA) is 109 Å². The van der Waals surface area contributed by atoms with Crippen LogP contribution in [0.15, 0.2) is 76.2 Å². The van der Waals surface area contributed by atoms with Gasteiger partial charge in [0.1, 0.15) is 11.8 Å². The Morgan fingerprint density at radius 3 is 2.41 bits per heavy atom. The number of carbonyl (C=O) groups is 2. The second-order valence-corrected chi connectivity index (χ2v) is 9.68. The molecule has 0 fully saturated rings. The summed E-state index contributed by atoms with van der Waals surface area (Å²) in [5.41, 5.74) is 2.26. The first kappa shape index (κ1) is 25.2. The lowest BCUT2D eigenvalue weighted by atomic mass is 10.1. The lowest BCUT2D eigenvalue weighted by molar-refractivity contribution is -0.126. The van der Waals surface area contributed by atoms with Crippen LogP contribution in [0.3, 0.4) is 0 Å². The van der Waals surface area contributed by atoms with Crippen LogP contribution in [-0.4, -0.2) is 32.8 Å². The molecule has 2 aromatic carbocycles. The average molecular weight is 484 g/mol. The predicted octanol–water partition coefficient (Wildman–Crippen LogP) is 3.30. The normalized spacial score (nSPS) is 12.2. The van der Waals surface area contributed by atoms with Gasteiger partial charge in [0.25, 0.3) is 0 Å². The summed E-state index contributed by atoms with van der Waals surface area (Å²) < 4.78 is 32.9. The highest BCUT2D eigenvalue weighted by molar-refractivity contribution is 7.89. The van der Waals surface area contributed by atoms with Crippen molar-refractivity contribution in [2.24, 2.45) is 0 Å². The minimum atomic E-state index is -3.89. The van der Waals surface area contributed by atoms with Gasteiger partial charge in [-0.2, -0.15) is 0 Å². The highest BCUT2D eigenvalue weighted by Crippen LogP contribution is 2.25. The van der Waals surface area contributed by atoms with Crippen LogP contribution in [0.5, 0.6) is 0 Å². The Morgan fingerprint density at radius 1 is 1.03 bits per heavy atom. The quantitative estimate of drug-likeness (QED) is 0.460. The SMILES string of the molecule is CC[C@@H](C(=O)NCc1ccco1)N(C(=O)CNS(=O)(=O)c1ccccc1)c1cc(C)ccc1C. The van der Waals surface area contributed by atoms with E-state index in [4.69, 9.17) is 4.42 Å². The number of aryl methyl sites for hydroxylation is 2. The van der Waals surface area contributed by atoms with E-state index in [1.807, 2.05) is 32.0 Å². The fourth-order valence-electron chi connectivity index (χ4n) is 3.57. The van der Waals surface area contributed by atoms with Gasteiger partial charge >= 0.3 is 0 Å². The smallest absolute Gasteiger partial charge is 0.243 e. The Kier molecular flexibility index (Phi) is 8.25. The zero-order valence-corrected chi connectivity index (χ0v) is 20.3. The molecule has 0 bridgehead atoms. The van der Waals surface area contributed by atoms with E-state index in [1.165, 1.54) is 23.3 Å². The third-order valence-electron chi connectivity index (χ3n) is 5.38. The van der Waals surface area contributed by atoms with Gasteiger partial charge in [-0.15, -0.1) is 0 Å². The highest BCUT2D eigenvalue weighted by Gasteiger charge is 2.31. The van der Waals surface area contributed by atoms with Crippen LogP contribution >= 0.6 is 0 Å². The number of carbonyl (C=O) groups excluding carboxylic acids is 2. The number of nitrogens with one attached hydrogen (secondary N) is 2. The van der Waals surface area contributed by atoms with Gasteiger partial charge in [-0.3, -0.25) is 14.5 Å². The molecule has 9 heteroatoms. The van der Waals surface area contributed by atoms with Crippen molar-refractivity contribution in [3.8, 4) is 0 Å². The number of hydrogen-bond acceptors (Lipinski definition) is 5. The molecule has 2 amide bonds. The molecule has 0 aliphatic heterocycles. The summed E-state index contributed by atoms with van der Waals surface area (Å²) in [7, 11) is -3.89. The number of benzene rings is 2. The molecule has 8 nitrogen and oxygen atoms in total. The minimum Gasteiger partial charge on any atom is -0.467 e. The molecular weight excluding hydrogens is 454 g/mol. The maximum atomic E-state index is 13.4. The summed E-state index contributed by atoms with van der Waals surface area (Å²) in [6.07, 6.45) is 1.85. The molecule has 3 aromatic rings. The molecule has 0 aliphatic carbocycles. The molecular formula is C25H29N3O5S. The molecule has 0 saturated carbocycles. The van der Waals surface area contributed by atoms with Crippen molar-refractivity contribution >= 4 is 27.5 Å². The summed E-state index contributed by atoms with van der Waals surface area (Å²) in [6.45, 7) is 5.22. The molecule has 0 spiro atoms. The molecule has 1 aromatic heterocycles. The lowest BCUT2D eigenvalue weighted by Gasteiger charge is -2.32. The summed E-state index contributed by atoms with van der Waals surface area (Å²) in [6, 6.07) is 16.1. The Bertz CT molecular complexity index is 1220. The van der Waals surface area contributed by atoms with Crippen LogP contribution in [-0.2, 0) is 26.2 Å². The molecule has 0 saturated heterocycles. The van der Waals surface area contributed by atoms with Gasteiger partial charge < -0.3 is 9.73 Å². The largest absolute Gasteiger partial charge is 0.467 e. The van der Waals surface area contributed by atoms with Gasteiger partial charge in [-0.1, -0.05) is 37.3 Å². The van der Waals surface area contributed by atoms with Crippen LogP contribution in [0.2, 0.25) is 0 Å². The Labute approximate surface area is 200 Å². The minimum absolute atomic E-state index is 0.0596. The van der Waals surface area contributed by atoms with Crippen molar-refractivity contribution in [2.45, 2.75) is 44.7 Å². The zero-order chi connectivity index (χ0) is 24.7. The van der Waals surface area contributed by atoms with Gasteiger partial charge in [0.15, 0.2) is 0 Å². The standard InChI is InChI=1S/C25H29N3O5S/c1-4-22(25(30)26-16-20-9-8-14-33-20)28(23-15-18(2)12-13-19(23)3)24(29)17-27-34(31,32)21-10-6-5-7-11-21/h5-15,22,27H,4,16-17H2,1-3H3,(H,26,30)/t22-/m0/s1. The Morgan fingerprint density at radius 2 is 1.76 bits per heavy atom. The van der Waals surface area contributed by atoms with E-state index >= 15 is 0 Å². The number of hydrogen-bond donors (Lipinski definition) is 2. The molecule has 1 heterocycles. The first-order valence-corrected chi connectivity index (χ1v) is 12.5. The molecule has 0 radical (unpaired) electrons. The summed E-state index contributed by atoms with van der Waals surface area (Å²) in [5.74, 6) is -0.310. The second-order valence-electron chi connectivity index (χ2n) is 7.91. The summed E-state index contributed by atoms with van der Waals surface area (Å²) >= 11 is 0. The molecule has 1 atom stereocenters. The number of nitrogens with zero attached hydrogens (tertiary/aromatic N) is 1. The van der Waals surface area contributed by atoms with Crippen molar-refractivity contribution < 1.29 is 22.4 Å². The number of amides is 2. The number of furan rings is 1. The first-order chi connectivity index (χ1) is 16.2. The van der Waals surface area contributed by atoms with E-state index in [0.29, 0.717) is 17.9 Å². The van der Waals surface area contributed by atoms with Gasteiger partial charge in [-0.05, 0) is 61.7 Å². The third kappa shape index (κ3) is 6.12. The molecule has 0 aliphatic rings. The second kappa shape index (κ2) is 11.1. The van der Waals surface area contributed by atoms with E-state index in [1.54, 1.807) is 37.3 Å². The molecule has 34 heavy (non-hydrogen) atoms. The van der Waals surface area contributed by atoms with Crippen LogP contribution in [0, 0.1) is 13.8 Å². The van der Waals surface area contributed by atoms with Gasteiger partial charge in [0.2, 0.25) is 21.8 Å². The van der Waals surface area contributed by atoms with E-state index in [9.17, 15) is 18.0 Å². The van der Waals surface area contributed by atoms with E-state index in [0.717, 1.165) is 11.1 Å². The summed E-state index contributed by atoms with van der Waals surface area (Å²) in [4.78, 5) is 28.0. The van der Waals surface area contributed by atoms with Crippen LogP contribution in [0.25, 0.3) is 0 Å². The van der Waals surface area contributed by atoms with Crippen molar-refractivity contribution in [3.63, 3.8) is 0 Å². The fourth-order valence-corrected chi connectivity index (χ4v) is 4.57. The third-order valence-corrected chi connectivity index (χ3v) is 6.79. The van der Waals surface area contributed by atoms with E-state index in [-0.39, 0.29) is 17.3 Å². The highest BCUT2D eigenvalue weighted by atomic mass is 32.2. The maximum absolute atomic E-state index is 13.4.